The largest absolute Gasteiger partial charge is 0.354 e. The van der Waals surface area contributed by atoms with E-state index in [0.29, 0.717) is 13.0 Å². The van der Waals surface area contributed by atoms with Crippen LogP contribution in [-0.2, 0) is 26.2 Å². The van der Waals surface area contributed by atoms with Gasteiger partial charge in [-0.1, -0.05) is 73.8 Å². The first-order valence-electron chi connectivity index (χ1n) is 11.1. The first-order chi connectivity index (χ1) is 16.1. The highest BCUT2D eigenvalue weighted by Gasteiger charge is 2.32. The van der Waals surface area contributed by atoms with Gasteiger partial charge in [0.1, 0.15) is 12.6 Å². The zero-order valence-electron chi connectivity index (χ0n) is 19.6. The van der Waals surface area contributed by atoms with E-state index >= 15 is 0 Å². The van der Waals surface area contributed by atoms with Crippen LogP contribution in [0, 0.1) is 0 Å². The Bertz CT molecular complexity index is 1080. The van der Waals surface area contributed by atoms with Crippen LogP contribution in [0.3, 0.4) is 0 Å². The molecule has 186 valence electrons. The molecule has 0 bridgehead atoms. The molecule has 2 aromatic rings. The summed E-state index contributed by atoms with van der Waals surface area (Å²) in [5.41, 5.74) is 0.924. The van der Waals surface area contributed by atoms with Gasteiger partial charge in [-0.15, -0.1) is 0 Å². The number of halogens is 2. The molecule has 1 N–H and O–H groups in total. The van der Waals surface area contributed by atoms with Gasteiger partial charge in [0.05, 0.1) is 17.0 Å². The van der Waals surface area contributed by atoms with Gasteiger partial charge in [-0.3, -0.25) is 13.9 Å². The highest BCUT2D eigenvalue weighted by molar-refractivity contribution is 7.92. The Balaban J connectivity index is 2.41. The molecule has 0 radical (unpaired) electrons. The monoisotopic (exact) mass is 527 g/mol. The number of carbonyl (C=O) groups excluding carboxylic acids is 2. The lowest BCUT2D eigenvalue weighted by Crippen LogP contribution is -2.52. The van der Waals surface area contributed by atoms with Crippen LogP contribution in [0.5, 0.6) is 0 Å². The summed E-state index contributed by atoms with van der Waals surface area (Å²) in [5.74, 6) is -0.797. The second kappa shape index (κ2) is 13.0. The average molecular weight is 529 g/mol. The SMILES string of the molecule is CCCCNC(=O)C(CC)N(Cc1ccccc1)C(=O)CN(c1cc(Cl)ccc1Cl)S(C)(=O)=O. The highest BCUT2D eigenvalue weighted by Crippen LogP contribution is 2.31. The maximum absolute atomic E-state index is 13.6. The van der Waals surface area contributed by atoms with E-state index in [1.165, 1.54) is 23.1 Å². The molecule has 0 aliphatic rings. The summed E-state index contributed by atoms with van der Waals surface area (Å²) in [7, 11) is -3.89. The van der Waals surface area contributed by atoms with Gasteiger partial charge in [0.15, 0.2) is 0 Å². The minimum atomic E-state index is -3.89. The van der Waals surface area contributed by atoms with E-state index in [9.17, 15) is 18.0 Å². The molecule has 0 aromatic heterocycles. The van der Waals surface area contributed by atoms with Gasteiger partial charge in [0.2, 0.25) is 21.8 Å². The molecule has 0 saturated carbocycles. The van der Waals surface area contributed by atoms with E-state index in [1.807, 2.05) is 44.2 Å². The van der Waals surface area contributed by atoms with Crippen molar-refractivity contribution in [1.29, 1.82) is 0 Å². The van der Waals surface area contributed by atoms with Crippen LogP contribution >= 0.6 is 23.2 Å². The van der Waals surface area contributed by atoms with Crippen LogP contribution in [-0.4, -0.2) is 50.5 Å². The van der Waals surface area contributed by atoms with E-state index in [0.717, 1.165) is 29.0 Å². The number of benzene rings is 2. The van der Waals surface area contributed by atoms with Crippen LogP contribution in [0.25, 0.3) is 0 Å². The number of hydrogen-bond acceptors (Lipinski definition) is 4. The quantitative estimate of drug-likeness (QED) is 0.412. The third kappa shape index (κ3) is 7.89. The van der Waals surface area contributed by atoms with Gasteiger partial charge in [0, 0.05) is 18.1 Å². The summed E-state index contributed by atoms with van der Waals surface area (Å²) < 4.78 is 26.2. The van der Waals surface area contributed by atoms with E-state index in [4.69, 9.17) is 23.2 Å². The Labute approximate surface area is 212 Å². The van der Waals surface area contributed by atoms with Crippen LogP contribution in [0.15, 0.2) is 48.5 Å². The molecule has 2 amide bonds. The molecule has 2 aromatic carbocycles. The number of nitrogens with zero attached hydrogens (tertiary/aromatic N) is 2. The molecule has 0 aliphatic carbocycles. The summed E-state index contributed by atoms with van der Waals surface area (Å²) in [6.45, 7) is 3.98. The number of rotatable bonds is 12. The second-order valence-corrected chi connectivity index (χ2v) is 10.7. The lowest BCUT2D eigenvalue weighted by atomic mass is 10.1. The van der Waals surface area contributed by atoms with Crippen molar-refractivity contribution < 1.29 is 18.0 Å². The second-order valence-electron chi connectivity index (χ2n) is 7.94. The number of sulfonamides is 1. The zero-order chi connectivity index (χ0) is 25.3. The molecule has 1 atom stereocenters. The number of carbonyl (C=O) groups is 2. The molecule has 0 aliphatic heterocycles. The van der Waals surface area contributed by atoms with Gasteiger partial charge < -0.3 is 10.2 Å². The van der Waals surface area contributed by atoms with Crippen molar-refractivity contribution in [2.24, 2.45) is 0 Å². The Morgan fingerprint density at radius 2 is 1.74 bits per heavy atom. The van der Waals surface area contributed by atoms with Gasteiger partial charge in [-0.05, 0) is 36.6 Å². The number of unbranched alkanes of at least 4 members (excludes halogenated alkanes) is 1. The summed E-state index contributed by atoms with van der Waals surface area (Å²) >= 11 is 12.3. The van der Waals surface area contributed by atoms with E-state index < -0.39 is 28.5 Å². The summed E-state index contributed by atoms with van der Waals surface area (Å²) in [4.78, 5) is 28.0. The maximum atomic E-state index is 13.6. The average Bonchev–Trinajstić information content (AvgIpc) is 2.79. The van der Waals surface area contributed by atoms with Crippen molar-refractivity contribution in [3.05, 3.63) is 64.1 Å². The minimum absolute atomic E-state index is 0.102. The lowest BCUT2D eigenvalue weighted by Gasteiger charge is -2.33. The van der Waals surface area contributed by atoms with Crippen molar-refractivity contribution in [2.45, 2.75) is 45.7 Å². The van der Waals surface area contributed by atoms with Gasteiger partial charge in [-0.25, -0.2) is 8.42 Å². The maximum Gasteiger partial charge on any atom is 0.244 e. The Kier molecular flexibility index (Phi) is 10.7. The molecule has 34 heavy (non-hydrogen) atoms. The number of amides is 2. The normalized spacial score (nSPS) is 12.1. The fourth-order valence-corrected chi connectivity index (χ4v) is 4.77. The number of hydrogen-bond donors (Lipinski definition) is 1. The van der Waals surface area contributed by atoms with Gasteiger partial charge in [0.25, 0.3) is 0 Å². The van der Waals surface area contributed by atoms with Crippen molar-refractivity contribution in [2.75, 3.05) is 23.7 Å². The van der Waals surface area contributed by atoms with E-state index in [2.05, 4.69) is 5.32 Å². The standard InChI is InChI=1S/C24H31Cl2N3O4S/c1-4-6-14-27-24(31)21(5-2)28(16-18-10-8-7-9-11-18)23(30)17-29(34(3,32)33)22-15-19(25)12-13-20(22)26/h7-13,15,21H,4-6,14,16-17H2,1-3H3,(H,27,31). The minimum Gasteiger partial charge on any atom is -0.354 e. The van der Waals surface area contributed by atoms with Crippen LogP contribution in [0.2, 0.25) is 10.0 Å². The third-order valence-electron chi connectivity index (χ3n) is 5.27. The molecule has 0 heterocycles. The topological polar surface area (TPSA) is 86.8 Å². The smallest absolute Gasteiger partial charge is 0.244 e. The lowest BCUT2D eigenvalue weighted by molar-refractivity contribution is -0.140. The van der Waals surface area contributed by atoms with Crippen molar-refractivity contribution in [3.8, 4) is 0 Å². The number of nitrogens with one attached hydrogen (secondary N) is 1. The molecular formula is C24H31Cl2N3O4S. The first-order valence-corrected chi connectivity index (χ1v) is 13.7. The van der Waals surface area contributed by atoms with E-state index in [-0.39, 0.29) is 28.2 Å². The molecule has 0 fully saturated rings. The first kappa shape index (κ1) is 28.0. The summed E-state index contributed by atoms with van der Waals surface area (Å²) in [6, 6.07) is 12.9. The molecule has 1 unspecified atom stereocenters. The predicted octanol–water partition coefficient (Wildman–Crippen LogP) is 4.48. The van der Waals surface area contributed by atoms with Gasteiger partial charge >= 0.3 is 0 Å². The Hall–Kier alpha value is -2.29. The van der Waals surface area contributed by atoms with Crippen molar-refractivity contribution in [3.63, 3.8) is 0 Å². The van der Waals surface area contributed by atoms with Crippen LogP contribution < -0.4 is 9.62 Å². The Morgan fingerprint density at radius 3 is 2.32 bits per heavy atom. The van der Waals surface area contributed by atoms with Crippen molar-refractivity contribution >= 4 is 50.7 Å². The molecular weight excluding hydrogens is 497 g/mol. The molecule has 7 nitrogen and oxygen atoms in total. The molecule has 10 heteroatoms. The summed E-state index contributed by atoms with van der Waals surface area (Å²) in [6.07, 6.45) is 3.11. The molecule has 2 rings (SSSR count). The molecule has 0 saturated heterocycles. The Morgan fingerprint density at radius 1 is 1.06 bits per heavy atom. The number of anilines is 1. The van der Waals surface area contributed by atoms with E-state index in [1.54, 1.807) is 0 Å². The fraction of sp³-hybridized carbons (Fsp3) is 0.417. The van der Waals surface area contributed by atoms with Gasteiger partial charge in [-0.2, -0.15) is 0 Å². The third-order valence-corrected chi connectivity index (χ3v) is 6.95. The highest BCUT2D eigenvalue weighted by atomic mass is 35.5. The van der Waals surface area contributed by atoms with Crippen molar-refractivity contribution in [1.82, 2.24) is 10.2 Å². The fourth-order valence-electron chi connectivity index (χ4n) is 3.48. The van der Waals surface area contributed by atoms with Crippen LogP contribution in [0.1, 0.15) is 38.7 Å². The molecule has 0 spiro atoms. The zero-order valence-corrected chi connectivity index (χ0v) is 22.0. The predicted molar refractivity (Wildman–Crippen MR) is 138 cm³/mol. The summed E-state index contributed by atoms with van der Waals surface area (Å²) in [5, 5.41) is 3.31. The van der Waals surface area contributed by atoms with Crippen LogP contribution in [0.4, 0.5) is 5.69 Å².